The van der Waals surface area contributed by atoms with E-state index in [9.17, 15) is 12.8 Å². The molecule has 0 aliphatic carbocycles. The van der Waals surface area contributed by atoms with E-state index in [2.05, 4.69) is 0 Å². The molecule has 0 bridgehead atoms. The van der Waals surface area contributed by atoms with Crippen molar-refractivity contribution in [3.63, 3.8) is 0 Å². The minimum atomic E-state index is -4.13. The molecule has 0 aromatic heterocycles. The van der Waals surface area contributed by atoms with Crippen LogP contribution in [0.2, 0.25) is 0 Å². The largest absolute Gasteiger partial charge is 0.294 e. The van der Waals surface area contributed by atoms with Gasteiger partial charge in [0, 0.05) is 0 Å². The van der Waals surface area contributed by atoms with Crippen LogP contribution in [0.1, 0.15) is 5.56 Å². The maximum atomic E-state index is 11.6. The van der Waals surface area contributed by atoms with E-state index >= 15 is 0 Å². The second-order valence-corrected chi connectivity index (χ2v) is 4.11. The molecule has 76 valence electrons. The van der Waals surface area contributed by atoms with Crippen molar-refractivity contribution in [3.8, 4) is 0 Å². The molecular formula is C9H9FO3S. The van der Waals surface area contributed by atoms with E-state index in [0.717, 1.165) is 5.56 Å². The molecule has 3 nitrogen and oxygen atoms in total. The molecule has 0 aliphatic rings. The lowest BCUT2D eigenvalue weighted by molar-refractivity contribution is 0.483. The van der Waals surface area contributed by atoms with Crippen molar-refractivity contribution in [2.75, 3.05) is 0 Å². The minimum absolute atomic E-state index is 0.162. The van der Waals surface area contributed by atoms with Crippen LogP contribution < -0.4 is 0 Å². The third-order valence-corrected chi connectivity index (χ3v) is 2.53. The topological polar surface area (TPSA) is 54.4 Å². The van der Waals surface area contributed by atoms with Crippen LogP contribution in [0.25, 0.3) is 0 Å². The lowest BCUT2D eigenvalue weighted by atomic mass is 10.1. The van der Waals surface area contributed by atoms with Crippen molar-refractivity contribution in [3.05, 3.63) is 42.2 Å². The second-order valence-electron chi connectivity index (χ2n) is 2.68. The van der Waals surface area contributed by atoms with Gasteiger partial charge in [-0.3, -0.25) is 4.55 Å². The Labute approximate surface area is 81.6 Å². The van der Waals surface area contributed by atoms with Gasteiger partial charge in [0.05, 0.1) is 11.2 Å². The van der Waals surface area contributed by atoms with E-state index in [-0.39, 0.29) is 4.90 Å². The predicted octanol–water partition coefficient (Wildman–Crippen LogP) is 1.96. The number of hydrogen-bond acceptors (Lipinski definition) is 2. The molecule has 0 saturated carbocycles. The van der Waals surface area contributed by atoms with Gasteiger partial charge in [-0.05, 0) is 24.1 Å². The van der Waals surface area contributed by atoms with Crippen LogP contribution in [0.15, 0.2) is 41.6 Å². The van der Waals surface area contributed by atoms with Crippen molar-refractivity contribution < 1.29 is 17.4 Å². The number of allylic oxidation sites excluding steroid dienone is 1. The fourth-order valence-corrected chi connectivity index (χ4v) is 1.46. The van der Waals surface area contributed by atoms with Crippen molar-refractivity contribution in [2.45, 2.75) is 11.3 Å². The van der Waals surface area contributed by atoms with Crippen molar-refractivity contribution in [1.82, 2.24) is 0 Å². The van der Waals surface area contributed by atoms with Gasteiger partial charge in [-0.2, -0.15) is 8.42 Å². The molecule has 14 heavy (non-hydrogen) atoms. The Morgan fingerprint density at radius 3 is 2.29 bits per heavy atom. The summed E-state index contributed by atoms with van der Waals surface area (Å²) in [5, 5.41) is 0. The summed E-state index contributed by atoms with van der Waals surface area (Å²) in [4.78, 5) is -0.162. The Bertz CT molecular complexity index is 420. The highest BCUT2D eigenvalue weighted by atomic mass is 32.2. The van der Waals surface area contributed by atoms with Gasteiger partial charge in [-0.1, -0.05) is 18.2 Å². The van der Waals surface area contributed by atoms with Crippen molar-refractivity contribution >= 4 is 10.1 Å². The standard InChI is InChI=1S/C9H9FO3S/c10-7-1-2-8-3-5-9(6-4-8)14(11,12)13/h1,3-7H,2H2,(H,11,12,13). The highest BCUT2D eigenvalue weighted by molar-refractivity contribution is 7.85. The van der Waals surface area contributed by atoms with Gasteiger partial charge >= 0.3 is 0 Å². The molecule has 0 fully saturated rings. The van der Waals surface area contributed by atoms with E-state index in [1.165, 1.54) is 30.3 Å². The predicted molar refractivity (Wildman–Crippen MR) is 50.2 cm³/mol. The summed E-state index contributed by atoms with van der Waals surface area (Å²) in [6.07, 6.45) is 2.13. The molecule has 0 amide bonds. The van der Waals surface area contributed by atoms with Gasteiger partial charge in [-0.15, -0.1) is 0 Å². The molecular weight excluding hydrogens is 207 g/mol. The van der Waals surface area contributed by atoms with Gasteiger partial charge in [0.25, 0.3) is 10.1 Å². The molecule has 1 aromatic rings. The zero-order valence-corrected chi connectivity index (χ0v) is 8.04. The molecule has 0 saturated heterocycles. The van der Waals surface area contributed by atoms with Crippen LogP contribution in [-0.2, 0) is 16.5 Å². The third kappa shape index (κ3) is 2.93. The molecule has 0 unspecified atom stereocenters. The molecule has 0 atom stereocenters. The number of benzene rings is 1. The maximum absolute atomic E-state index is 11.6. The smallest absolute Gasteiger partial charge is 0.282 e. The van der Waals surface area contributed by atoms with E-state index in [4.69, 9.17) is 4.55 Å². The summed E-state index contributed by atoms with van der Waals surface area (Å²) >= 11 is 0. The van der Waals surface area contributed by atoms with Gasteiger partial charge in [0.15, 0.2) is 0 Å². The van der Waals surface area contributed by atoms with Gasteiger partial charge in [-0.25, -0.2) is 4.39 Å². The van der Waals surface area contributed by atoms with Crippen LogP contribution in [0.4, 0.5) is 4.39 Å². The van der Waals surface area contributed by atoms with Crippen molar-refractivity contribution in [2.24, 2.45) is 0 Å². The quantitative estimate of drug-likeness (QED) is 0.786. The lowest BCUT2D eigenvalue weighted by Crippen LogP contribution is -1.97. The Hall–Kier alpha value is -1.20. The van der Waals surface area contributed by atoms with Gasteiger partial charge < -0.3 is 0 Å². The Balaban J connectivity index is 2.89. The number of rotatable bonds is 3. The summed E-state index contributed by atoms with van der Waals surface area (Å²) in [5.74, 6) is 0. The summed E-state index contributed by atoms with van der Waals surface area (Å²) in [5.41, 5.74) is 0.770. The summed E-state index contributed by atoms with van der Waals surface area (Å²) in [6, 6.07) is 5.58. The highest BCUT2D eigenvalue weighted by Gasteiger charge is 2.07. The Kier molecular flexibility index (Phi) is 3.38. The van der Waals surface area contributed by atoms with Crippen LogP contribution in [0, 0.1) is 0 Å². The average molecular weight is 216 g/mol. The van der Waals surface area contributed by atoms with E-state index in [1.807, 2.05) is 0 Å². The lowest BCUT2D eigenvalue weighted by Gasteiger charge is -1.98. The van der Waals surface area contributed by atoms with E-state index in [0.29, 0.717) is 12.8 Å². The van der Waals surface area contributed by atoms with E-state index < -0.39 is 10.1 Å². The Morgan fingerprint density at radius 1 is 1.29 bits per heavy atom. The first kappa shape index (κ1) is 10.9. The van der Waals surface area contributed by atoms with Crippen LogP contribution in [0.5, 0.6) is 0 Å². The number of hydrogen-bond donors (Lipinski definition) is 1. The molecule has 1 aromatic carbocycles. The van der Waals surface area contributed by atoms with Crippen LogP contribution in [-0.4, -0.2) is 13.0 Å². The summed E-state index contributed by atoms with van der Waals surface area (Å²) in [7, 11) is -4.13. The first-order valence-corrected chi connectivity index (χ1v) is 5.29. The SMILES string of the molecule is O=S(=O)(O)c1ccc(CC=CF)cc1. The zero-order valence-electron chi connectivity index (χ0n) is 7.22. The second kappa shape index (κ2) is 4.34. The Morgan fingerprint density at radius 2 is 1.86 bits per heavy atom. The molecule has 1 N–H and O–H groups in total. The maximum Gasteiger partial charge on any atom is 0.294 e. The molecule has 1 rings (SSSR count). The van der Waals surface area contributed by atoms with Gasteiger partial charge in [0.1, 0.15) is 0 Å². The fourth-order valence-electron chi connectivity index (χ4n) is 0.978. The van der Waals surface area contributed by atoms with E-state index in [1.54, 1.807) is 0 Å². The first-order chi connectivity index (χ1) is 6.54. The summed E-state index contributed by atoms with van der Waals surface area (Å²) < 4.78 is 41.6. The van der Waals surface area contributed by atoms with Crippen molar-refractivity contribution in [1.29, 1.82) is 0 Å². The molecule has 5 heteroatoms. The summed E-state index contributed by atoms with van der Waals surface area (Å²) in [6.45, 7) is 0. The first-order valence-electron chi connectivity index (χ1n) is 3.85. The molecule has 0 radical (unpaired) electrons. The van der Waals surface area contributed by atoms with Crippen LogP contribution in [0.3, 0.4) is 0 Å². The number of halogens is 1. The molecule has 0 spiro atoms. The average Bonchev–Trinajstić information content (AvgIpc) is 2.14. The third-order valence-electron chi connectivity index (χ3n) is 1.66. The molecule has 0 heterocycles. The minimum Gasteiger partial charge on any atom is -0.282 e. The fraction of sp³-hybridized carbons (Fsp3) is 0.111. The monoisotopic (exact) mass is 216 g/mol. The highest BCUT2D eigenvalue weighted by Crippen LogP contribution is 2.10. The zero-order chi connectivity index (χ0) is 10.6. The van der Waals surface area contributed by atoms with Gasteiger partial charge in [0.2, 0.25) is 0 Å². The van der Waals surface area contributed by atoms with Crippen LogP contribution >= 0.6 is 0 Å². The molecule has 0 aliphatic heterocycles. The normalized spacial score (nSPS) is 12.1.